The number of hydrogen-bond acceptors (Lipinski definition) is 8. The van der Waals surface area contributed by atoms with Gasteiger partial charge in [-0.25, -0.2) is 4.79 Å². The van der Waals surface area contributed by atoms with Crippen LogP contribution in [0.25, 0.3) is 0 Å². The largest absolute Gasteiger partial charge is 0.499 e. The fourth-order valence-corrected chi connectivity index (χ4v) is 3.90. The summed E-state index contributed by atoms with van der Waals surface area (Å²) in [6, 6.07) is 6.11. The van der Waals surface area contributed by atoms with Crippen LogP contribution in [0.1, 0.15) is 37.7 Å². The van der Waals surface area contributed by atoms with E-state index in [1.165, 1.54) is 6.07 Å². The third kappa shape index (κ3) is 3.43. The lowest BCUT2D eigenvalue weighted by molar-refractivity contribution is -0.385. The fraction of sp³-hybridized carbons (Fsp3) is 0.526. The summed E-state index contributed by atoms with van der Waals surface area (Å²) in [4.78, 5) is 22.5. The van der Waals surface area contributed by atoms with E-state index in [4.69, 9.17) is 18.9 Å². The number of esters is 1. The van der Waals surface area contributed by atoms with E-state index in [0.29, 0.717) is 5.56 Å². The normalized spacial score (nSPS) is 26.5. The number of para-hydroxylation sites is 1. The Kier molecular flexibility index (Phi) is 4.94. The highest BCUT2D eigenvalue weighted by Gasteiger charge is 2.50. The summed E-state index contributed by atoms with van der Waals surface area (Å²) < 4.78 is 22.8. The van der Waals surface area contributed by atoms with Gasteiger partial charge in [-0.2, -0.15) is 0 Å². The van der Waals surface area contributed by atoms with Crippen molar-refractivity contribution in [3.05, 3.63) is 51.5 Å². The van der Waals surface area contributed by atoms with E-state index in [1.807, 2.05) is 0 Å². The Morgan fingerprint density at radius 3 is 2.75 bits per heavy atom. The second-order valence-electron chi connectivity index (χ2n) is 7.15. The van der Waals surface area contributed by atoms with E-state index in [9.17, 15) is 20.0 Å². The number of nitrogens with zero attached hydrogens (tertiary/aromatic N) is 1. The van der Waals surface area contributed by atoms with Crippen LogP contribution in [0.5, 0.6) is 0 Å². The van der Waals surface area contributed by atoms with E-state index in [1.54, 1.807) is 18.2 Å². The summed E-state index contributed by atoms with van der Waals surface area (Å²) in [6.45, 7) is 0.0198. The number of aliphatic hydroxyl groups is 1. The molecule has 1 aromatic rings. The van der Waals surface area contributed by atoms with E-state index >= 15 is 0 Å². The molecule has 2 aliphatic heterocycles. The van der Waals surface area contributed by atoms with E-state index in [0.717, 1.165) is 32.1 Å². The Morgan fingerprint density at radius 1 is 1.25 bits per heavy atom. The third-order valence-corrected chi connectivity index (χ3v) is 5.32. The molecular weight excluding hydrogens is 370 g/mol. The minimum absolute atomic E-state index is 0.0791. The molecule has 0 amide bonds. The molecule has 3 aliphatic rings. The first kappa shape index (κ1) is 18.7. The van der Waals surface area contributed by atoms with Crippen molar-refractivity contribution in [1.29, 1.82) is 0 Å². The highest BCUT2D eigenvalue weighted by molar-refractivity contribution is 5.89. The number of rotatable bonds is 5. The monoisotopic (exact) mass is 391 g/mol. The highest BCUT2D eigenvalue weighted by Crippen LogP contribution is 2.41. The van der Waals surface area contributed by atoms with E-state index < -0.39 is 34.6 Å². The van der Waals surface area contributed by atoms with Gasteiger partial charge in [0.25, 0.3) is 5.69 Å². The first-order valence-corrected chi connectivity index (χ1v) is 9.30. The Balaban J connectivity index is 1.49. The second kappa shape index (κ2) is 7.40. The van der Waals surface area contributed by atoms with Gasteiger partial charge in [-0.15, -0.1) is 0 Å². The van der Waals surface area contributed by atoms with Gasteiger partial charge in [0.15, 0.2) is 17.7 Å². The Morgan fingerprint density at radius 2 is 2.00 bits per heavy atom. The maximum Gasteiger partial charge on any atom is 0.378 e. The molecule has 150 valence electrons. The molecule has 9 heteroatoms. The number of cyclic esters (lactones) is 1. The highest BCUT2D eigenvalue weighted by atomic mass is 16.8. The molecule has 1 saturated heterocycles. The summed E-state index contributed by atoms with van der Waals surface area (Å²) in [5, 5.41) is 21.2. The molecule has 2 unspecified atom stereocenters. The average molecular weight is 391 g/mol. The average Bonchev–Trinajstić information content (AvgIpc) is 3.22. The zero-order valence-corrected chi connectivity index (χ0v) is 15.2. The van der Waals surface area contributed by atoms with Crippen molar-refractivity contribution in [2.75, 3.05) is 6.61 Å². The number of ether oxygens (including phenoxy) is 4. The number of hydrogen-bond donors (Lipinski definition) is 1. The minimum Gasteiger partial charge on any atom is -0.499 e. The summed E-state index contributed by atoms with van der Waals surface area (Å²) in [6.07, 6.45) is 3.11. The van der Waals surface area contributed by atoms with Gasteiger partial charge in [0.1, 0.15) is 12.7 Å². The van der Waals surface area contributed by atoms with Crippen LogP contribution in [0, 0.1) is 10.1 Å². The van der Waals surface area contributed by atoms with E-state index in [2.05, 4.69) is 0 Å². The zero-order chi connectivity index (χ0) is 19.7. The summed E-state index contributed by atoms with van der Waals surface area (Å²) >= 11 is 0. The van der Waals surface area contributed by atoms with Crippen LogP contribution in [-0.2, 0) is 30.3 Å². The third-order valence-electron chi connectivity index (χ3n) is 5.32. The van der Waals surface area contributed by atoms with Crippen LogP contribution < -0.4 is 0 Å². The first-order valence-electron chi connectivity index (χ1n) is 9.30. The van der Waals surface area contributed by atoms with Gasteiger partial charge in [-0.3, -0.25) is 10.1 Å². The van der Waals surface area contributed by atoms with Crippen molar-refractivity contribution in [1.82, 2.24) is 0 Å². The molecule has 9 nitrogen and oxygen atoms in total. The second-order valence-corrected chi connectivity index (χ2v) is 7.15. The van der Waals surface area contributed by atoms with Crippen molar-refractivity contribution in [2.45, 2.75) is 56.7 Å². The van der Waals surface area contributed by atoms with Gasteiger partial charge >= 0.3 is 5.97 Å². The zero-order valence-electron chi connectivity index (χ0n) is 15.2. The lowest BCUT2D eigenvalue weighted by Gasteiger charge is -2.32. The molecule has 0 radical (unpaired) electrons. The maximum absolute atomic E-state index is 11.9. The summed E-state index contributed by atoms with van der Waals surface area (Å²) in [7, 11) is 0. The molecule has 2 atom stereocenters. The van der Waals surface area contributed by atoms with Gasteiger partial charge in [0.05, 0.1) is 17.1 Å². The van der Waals surface area contributed by atoms with Gasteiger partial charge in [-0.05, 0) is 18.9 Å². The Bertz CT molecular complexity index is 814. The van der Waals surface area contributed by atoms with Crippen LogP contribution >= 0.6 is 0 Å². The van der Waals surface area contributed by atoms with Crippen LogP contribution in [-0.4, -0.2) is 40.6 Å². The number of carbonyl (C=O) groups is 1. The topological polar surface area (TPSA) is 117 Å². The Labute approximate surface area is 161 Å². The fourth-order valence-electron chi connectivity index (χ4n) is 3.90. The quantitative estimate of drug-likeness (QED) is 0.462. The van der Waals surface area contributed by atoms with E-state index in [-0.39, 0.29) is 24.7 Å². The predicted octanol–water partition coefficient (Wildman–Crippen LogP) is 2.88. The molecule has 4 rings (SSSR count). The molecular formula is C19H21NO8. The number of nitro benzene ring substituents is 1. The lowest BCUT2D eigenvalue weighted by Crippen LogP contribution is -2.37. The predicted molar refractivity (Wildman–Crippen MR) is 94.1 cm³/mol. The van der Waals surface area contributed by atoms with Crippen LogP contribution in [0.2, 0.25) is 0 Å². The Hall–Kier alpha value is -2.65. The molecule has 28 heavy (non-hydrogen) atoms. The molecule has 1 saturated carbocycles. The van der Waals surface area contributed by atoms with Gasteiger partial charge in [-0.1, -0.05) is 18.6 Å². The molecule has 1 N–H and O–H groups in total. The van der Waals surface area contributed by atoms with Crippen molar-refractivity contribution < 1.29 is 33.8 Å². The number of nitro groups is 1. The first-order chi connectivity index (χ1) is 13.5. The summed E-state index contributed by atoms with van der Waals surface area (Å²) in [5.74, 6) is -2.30. The van der Waals surface area contributed by atoms with Gasteiger partial charge < -0.3 is 24.1 Å². The number of carbonyl (C=O) groups excluding carboxylic acids is 1. The molecule has 2 fully saturated rings. The van der Waals surface area contributed by atoms with Crippen molar-refractivity contribution in [3.63, 3.8) is 0 Å². The molecule has 0 bridgehead atoms. The minimum atomic E-state index is -0.948. The molecule has 1 spiro atoms. The lowest BCUT2D eigenvalue weighted by atomic mass is 9.94. The van der Waals surface area contributed by atoms with Crippen LogP contribution in [0.15, 0.2) is 35.8 Å². The molecule has 1 aliphatic carbocycles. The molecule has 0 aromatic heterocycles. The SMILES string of the molecule is O=C1OC(C2COC3(CCCCC3)O2)C(OCc2ccccc2[N+](=O)[O-])=C1O. The van der Waals surface area contributed by atoms with Gasteiger partial charge in [0.2, 0.25) is 5.76 Å². The summed E-state index contributed by atoms with van der Waals surface area (Å²) in [5.41, 5.74) is 0.212. The number of benzene rings is 1. The van der Waals surface area contributed by atoms with Crippen molar-refractivity contribution >= 4 is 11.7 Å². The standard InChI is InChI=1S/C19H21NO8/c21-15-17(25-10-12-6-2-3-7-13(12)20(23)24)16(27-18(15)22)14-11-26-19(28-14)8-4-1-5-9-19/h2-3,6-7,14,16,21H,1,4-5,8-11H2. The maximum atomic E-state index is 11.9. The van der Waals surface area contributed by atoms with Crippen LogP contribution in [0.4, 0.5) is 5.69 Å². The molecule has 1 aromatic carbocycles. The van der Waals surface area contributed by atoms with Gasteiger partial charge in [0, 0.05) is 18.9 Å². The number of aliphatic hydroxyl groups excluding tert-OH is 1. The van der Waals surface area contributed by atoms with Crippen LogP contribution in [0.3, 0.4) is 0 Å². The smallest absolute Gasteiger partial charge is 0.378 e. The molecule has 2 heterocycles. The van der Waals surface area contributed by atoms with Crippen molar-refractivity contribution in [2.24, 2.45) is 0 Å². The van der Waals surface area contributed by atoms with Crippen molar-refractivity contribution in [3.8, 4) is 0 Å².